The maximum absolute atomic E-state index is 13.0. The summed E-state index contributed by atoms with van der Waals surface area (Å²) in [7, 11) is -3.79. The van der Waals surface area contributed by atoms with Gasteiger partial charge in [0.05, 0.1) is 10.8 Å². The SMILES string of the molecule is CC(CCC(=O)O)NC(=O)C1CCCN(S(=O)(=O)c2ccc(F)cc2)C1. The minimum atomic E-state index is -3.79. The lowest BCUT2D eigenvalue weighted by Gasteiger charge is -2.31. The van der Waals surface area contributed by atoms with E-state index in [0.717, 1.165) is 12.1 Å². The van der Waals surface area contributed by atoms with E-state index in [1.165, 1.54) is 16.4 Å². The zero-order valence-corrected chi connectivity index (χ0v) is 15.3. The number of hydrogen-bond acceptors (Lipinski definition) is 4. The first-order chi connectivity index (χ1) is 12.2. The van der Waals surface area contributed by atoms with Crippen LogP contribution >= 0.6 is 0 Å². The Hall–Kier alpha value is -2.00. The smallest absolute Gasteiger partial charge is 0.303 e. The zero-order chi connectivity index (χ0) is 19.3. The quantitative estimate of drug-likeness (QED) is 0.741. The molecule has 1 fully saturated rings. The normalized spacial score (nSPS) is 19.7. The van der Waals surface area contributed by atoms with E-state index in [9.17, 15) is 22.4 Å². The molecule has 0 aliphatic carbocycles. The summed E-state index contributed by atoms with van der Waals surface area (Å²) in [6.07, 6.45) is 1.37. The van der Waals surface area contributed by atoms with Crippen LogP contribution in [-0.2, 0) is 19.6 Å². The summed E-state index contributed by atoms with van der Waals surface area (Å²) in [5.41, 5.74) is 0. The van der Waals surface area contributed by atoms with Crippen LogP contribution in [0.1, 0.15) is 32.6 Å². The van der Waals surface area contributed by atoms with Crippen LogP contribution in [0.4, 0.5) is 4.39 Å². The summed E-state index contributed by atoms with van der Waals surface area (Å²) in [6.45, 7) is 2.08. The van der Waals surface area contributed by atoms with Crippen molar-refractivity contribution in [3.63, 3.8) is 0 Å². The number of carboxylic acid groups (broad SMARTS) is 1. The number of amides is 1. The van der Waals surface area contributed by atoms with Gasteiger partial charge in [-0.2, -0.15) is 4.31 Å². The predicted molar refractivity (Wildman–Crippen MR) is 92.4 cm³/mol. The van der Waals surface area contributed by atoms with E-state index in [1.54, 1.807) is 6.92 Å². The van der Waals surface area contributed by atoms with Crippen molar-refractivity contribution in [3.05, 3.63) is 30.1 Å². The van der Waals surface area contributed by atoms with Crippen LogP contribution in [0.5, 0.6) is 0 Å². The summed E-state index contributed by atoms with van der Waals surface area (Å²) in [6, 6.07) is 4.30. The molecule has 7 nitrogen and oxygen atoms in total. The van der Waals surface area contributed by atoms with Crippen LogP contribution in [-0.4, -0.2) is 48.8 Å². The molecule has 1 aliphatic heterocycles. The van der Waals surface area contributed by atoms with Crippen molar-refractivity contribution in [2.75, 3.05) is 13.1 Å². The van der Waals surface area contributed by atoms with Gasteiger partial charge in [0.2, 0.25) is 15.9 Å². The number of carboxylic acids is 1. The van der Waals surface area contributed by atoms with E-state index in [0.29, 0.717) is 25.8 Å². The third kappa shape index (κ3) is 5.25. The largest absolute Gasteiger partial charge is 0.481 e. The van der Waals surface area contributed by atoms with Crippen LogP contribution in [0.15, 0.2) is 29.2 Å². The van der Waals surface area contributed by atoms with Crippen molar-refractivity contribution in [2.45, 2.75) is 43.5 Å². The molecule has 1 heterocycles. The number of aliphatic carboxylic acids is 1. The molecule has 2 atom stereocenters. The number of rotatable bonds is 7. The fourth-order valence-corrected chi connectivity index (χ4v) is 4.43. The van der Waals surface area contributed by atoms with Crippen LogP contribution in [0.3, 0.4) is 0 Å². The maximum atomic E-state index is 13.0. The second-order valence-electron chi connectivity index (χ2n) is 6.50. The highest BCUT2D eigenvalue weighted by Gasteiger charge is 2.33. The molecular weight excluding hydrogens is 363 g/mol. The molecular formula is C17H23FN2O5S. The molecule has 1 aliphatic rings. The molecule has 0 radical (unpaired) electrons. The fraction of sp³-hybridized carbons (Fsp3) is 0.529. The third-order valence-corrected chi connectivity index (χ3v) is 6.27. The van der Waals surface area contributed by atoms with Crippen LogP contribution < -0.4 is 5.32 Å². The first kappa shape index (κ1) is 20.3. The minimum absolute atomic E-state index is 0.00483. The number of hydrogen-bond donors (Lipinski definition) is 2. The van der Waals surface area contributed by atoms with Gasteiger partial charge >= 0.3 is 5.97 Å². The van der Waals surface area contributed by atoms with Crippen molar-refractivity contribution < 1.29 is 27.5 Å². The lowest BCUT2D eigenvalue weighted by molar-refractivity contribution is -0.137. The second-order valence-corrected chi connectivity index (χ2v) is 8.44. The summed E-state index contributed by atoms with van der Waals surface area (Å²) in [5.74, 6) is -2.22. The Morgan fingerprint density at radius 1 is 1.35 bits per heavy atom. The Bertz CT molecular complexity index is 751. The average molecular weight is 386 g/mol. The number of piperidine rings is 1. The predicted octanol–water partition coefficient (Wildman–Crippen LogP) is 1.60. The topological polar surface area (TPSA) is 104 Å². The number of carbonyl (C=O) groups excluding carboxylic acids is 1. The van der Waals surface area contributed by atoms with Gasteiger partial charge in [0.25, 0.3) is 0 Å². The van der Waals surface area contributed by atoms with Gasteiger partial charge in [0.1, 0.15) is 5.82 Å². The monoisotopic (exact) mass is 386 g/mol. The Balaban J connectivity index is 2.00. The van der Waals surface area contributed by atoms with E-state index >= 15 is 0 Å². The molecule has 1 aromatic rings. The Morgan fingerprint density at radius 2 is 2.00 bits per heavy atom. The molecule has 2 N–H and O–H groups in total. The number of halogens is 1. The van der Waals surface area contributed by atoms with E-state index in [2.05, 4.69) is 5.32 Å². The Morgan fingerprint density at radius 3 is 2.62 bits per heavy atom. The summed E-state index contributed by atoms with van der Waals surface area (Å²) in [5, 5.41) is 11.4. The number of nitrogens with one attached hydrogen (secondary N) is 1. The summed E-state index contributed by atoms with van der Waals surface area (Å²) < 4.78 is 39.6. The van der Waals surface area contributed by atoms with Gasteiger partial charge < -0.3 is 10.4 Å². The minimum Gasteiger partial charge on any atom is -0.481 e. The fourth-order valence-electron chi connectivity index (χ4n) is 2.90. The van der Waals surface area contributed by atoms with Crippen molar-refractivity contribution in [3.8, 4) is 0 Å². The number of carbonyl (C=O) groups is 2. The summed E-state index contributed by atoms with van der Waals surface area (Å²) >= 11 is 0. The molecule has 0 spiro atoms. The third-order valence-electron chi connectivity index (χ3n) is 4.39. The number of benzene rings is 1. The molecule has 0 aromatic heterocycles. The molecule has 2 unspecified atom stereocenters. The van der Waals surface area contributed by atoms with Crippen LogP contribution in [0.2, 0.25) is 0 Å². The number of nitrogens with zero attached hydrogens (tertiary/aromatic N) is 1. The van der Waals surface area contributed by atoms with E-state index in [-0.39, 0.29) is 29.8 Å². The van der Waals surface area contributed by atoms with E-state index in [4.69, 9.17) is 5.11 Å². The van der Waals surface area contributed by atoms with Gasteiger partial charge in [-0.25, -0.2) is 12.8 Å². The van der Waals surface area contributed by atoms with Crippen molar-refractivity contribution in [2.24, 2.45) is 5.92 Å². The standard InChI is InChI=1S/C17H23FN2O5S/c1-12(4-9-16(21)22)19-17(23)13-3-2-10-20(11-13)26(24,25)15-7-5-14(18)6-8-15/h5-8,12-13H,2-4,9-11H2,1H3,(H,19,23)(H,21,22). The van der Waals surface area contributed by atoms with Gasteiger partial charge in [0.15, 0.2) is 0 Å². The highest BCUT2D eigenvalue weighted by atomic mass is 32.2. The average Bonchev–Trinajstić information content (AvgIpc) is 2.60. The molecule has 2 rings (SSSR count). The molecule has 0 saturated carbocycles. The van der Waals surface area contributed by atoms with Crippen LogP contribution in [0.25, 0.3) is 0 Å². The van der Waals surface area contributed by atoms with E-state index < -0.39 is 27.7 Å². The first-order valence-electron chi connectivity index (χ1n) is 8.48. The molecule has 1 amide bonds. The molecule has 26 heavy (non-hydrogen) atoms. The Labute approximate surface area is 152 Å². The highest BCUT2D eigenvalue weighted by Crippen LogP contribution is 2.24. The van der Waals surface area contributed by atoms with Gasteiger partial charge in [-0.3, -0.25) is 9.59 Å². The van der Waals surface area contributed by atoms with Gasteiger partial charge in [-0.15, -0.1) is 0 Å². The van der Waals surface area contributed by atoms with Crippen LogP contribution in [0, 0.1) is 11.7 Å². The number of sulfonamides is 1. The molecule has 1 aromatic carbocycles. The lowest BCUT2D eigenvalue weighted by Crippen LogP contribution is -2.47. The molecule has 1 saturated heterocycles. The van der Waals surface area contributed by atoms with Gasteiger partial charge in [-0.1, -0.05) is 0 Å². The van der Waals surface area contributed by atoms with Gasteiger partial charge in [-0.05, 0) is 50.5 Å². The van der Waals surface area contributed by atoms with E-state index in [1.807, 2.05) is 0 Å². The lowest BCUT2D eigenvalue weighted by atomic mass is 9.98. The second kappa shape index (κ2) is 8.59. The first-order valence-corrected chi connectivity index (χ1v) is 9.92. The van der Waals surface area contributed by atoms with Crippen molar-refractivity contribution in [1.82, 2.24) is 9.62 Å². The zero-order valence-electron chi connectivity index (χ0n) is 14.5. The Kier molecular flexibility index (Phi) is 6.71. The molecule has 144 valence electrons. The molecule has 0 bridgehead atoms. The highest BCUT2D eigenvalue weighted by molar-refractivity contribution is 7.89. The maximum Gasteiger partial charge on any atom is 0.303 e. The summed E-state index contributed by atoms with van der Waals surface area (Å²) in [4.78, 5) is 23.0. The van der Waals surface area contributed by atoms with Gasteiger partial charge in [0, 0.05) is 25.6 Å². The molecule has 9 heteroatoms. The van der Waals surface area contributed by atoms with Crippen molar-refractivity contribution in [1.29, 1.82) is 0 Å². The van der Waals surface area contributed by atoms with Crippen molar-refractivity contribution >= 4 is 21.9 Å².